The molecule has 96 valence electrons. The van der Waals surface area contributed by atoms with Gasteiger partial charge in [0, 0.05) is 30.4 Å². The molecule has 3 heteroatoms. The number of nitrogens with zero attached hydrogens (tertiary/aromatic N) is 1. The molecule has 0 saturated heterocycles. The third-order valence-corrected chi connectivity index (χ3v) is 3.45. The van der Waals surface area contributed by atoms with Gasteiger partial charge in [-0.25, -0.2) is 0 Å². The lowest BCUT2D eigenvalue weighted by atomic mass is 10.0. The number of aliphatic hydroxyl groups is 1. The van der Waals surface area contributed by atoms with E-state index >= 15 is 0 Å². The van der Waals surface area contributed by atoms with Gasteiger partial charge in [0.25, 0.3) is 0 Å². The van der Waals surface area contributed by atoms with Crippen LogP contribution in [-0.4, -0.2) is 23.3 Å². The van der Waals surface area contributed by atoms with Crippen molar-refractivity contribution in [1.82, 2.24) is 0 Å². The van der Waals surface area contributed by atoms with Crippen LogP contribution < -0.4 is 4.90 Å². The van der Waals surface area contributed by atoms with E-state index < -0.39 is 6.10 Å². The average Bonchev–Trinajstić information content (AvgIpc) is 2.26. The predicted molar refractivity (Wildman–Crippen MR) is 71.4 cm³/mol. The molecule has 0 saturated carbocycles. The summed E-state index contributed by atoms with van der Waals surface area (Å²) in [4.78, 5) is 2.14. The van der Waals surface area contributed by atoms with Crippen molar-refractivity contribution in [3.63, 3.8) is 0 Å². The third kappa shape index (κ3) is 3.13. The molecule has 0 aliphatic rings. The van der Waals surface area contributed by atoms with Crippen LogP contribution >= 0.6 is 0 Å². The van der Waals surface area contributed by atoms with Gasteiger partial charge in [0.15, 0.2) is 0 Å². The average molecular weight is 237 g/mol. The Labute approximate surface area is 104 Å². The first-order chi connectivity index (χ1) is 7.84. The normalized spacial score (nSPS) is 14.8. The summed E-state index contributed by atoms with van der Waals surface area (Å²) >= 11 is 0. The van der Waals surface area contributed by atoms with Gasteiger partial charge in [-0.15, -0.1) is 0 Å². The van der Waals surface area contributed by atoms with E-state index in [9.17, 15) is 10.2 Å². The second-order valence-corrected chi connectivity index (χ2v) is 5.01. The SMILES string of the molecule is CC(O)c1ccc(N(C)C(C)C(C)C)cc1O. The highest BCUT2D eigenvalue weighted by Crippen LogP contribution is 2.29. The van der Waals surface area contributed by atoms with Crippen LogP contribution in [0.5, 0.6) is 5.75 Å². The van der Waals surface area contributed by atoms with Crippen molar-refractivity contribution in [2.75, 3.05) is 11.9 Å². The lowest BCUT2D eigenvalue weighted by Crippen LogP contribution is -2.33. The van der Waals surface area contributed by atoms with Gasteiger partial charge in [-0.05, 0) is 25.8 Å². The Morgan fingerprint density at radius 1 is 1.12 bits per heavy atom. The van der Waals surface area contributed by atoms with Crippen LogP contribution in [0.3, 0.4) is 0 Å². The molecule has 0 heterocycles. The quantitative estimate of drug-likeness (QED) is 0.846. The van der Waals surface area contributed by atoms with E-state index in [2.05, 4.69) is 25.7 Å². The zero-order valence-electron chi connectivity index (χ0n) is 11.3. The second-order valence-electron chi connectivity index (χ2n) is 5.01. The molecule has 2 N–H and O–H groups in total. The number of hydrogen-bond donors (Lipinski definition) is 2. The summed E-state index contributed by atoms with van der Waals surface area (Å²) in [5.41, 5.74) is 1.53. The van der Waals surface area contributed by atoms with Crippen molar-refractivity contribution in [2.45, 2.75) is 39.8 Å². The number of rotatable bonds is 4. The lowest BCUT2D eigenvalue weighted by Gasteiger charge is -2.30. The summed E-state index contributed by atoms with van der Waals surface area (Å²) in [6.45, 7) is 8.15. The fourth-order valence-electron chi connectivity index (χ4n) is 1.79. The molecule has 2 unspecified atom stereocenters. The van der Waals surface area contributed by atoms with Gasteiger partial charge in [-0.2, -0.15) is 0 Å². The number of hydrogen-bond acceptors (Lipinski definition) is 3. The third-order valence-electron chi connectivity index (χ3n) is 3.45. The molecule has 0 radical (unpaired) electrons. The van der Waals surface area contributed by atoms with E-state index in [1.54, 1.807) is 19.1 Å². The van der Waals surface area contributed by atoms with Gasteiger partial charge in [0.1, 0.15) is 5.75 Å². The summed E-state index contributed by atoms with van der Waals surface area (Å²) < 4.78 is 0. The van der Waals surface area contributed by atoms with Gasteiger partial charge in [0.05, 0.1) is 6.10 Å². The monoisotopic (exact) mass is 237 g/mol. The van der Waals surface area contributed by atoms with Crippen molar-refractivity contribution in [3.05, 3.63) is 23.8 Å². The van der Waals surface area contributed by atoms with Gasteiger partial charge < -0.3 is 15.1 Å². The van der Waals surface area contributed by atoms with E-state index in [4.69, 9.17) is 0 Å². The Balaban J connectivity index is 2.97. The van der Waals surface area contributed by atoms with Crippen molar-refractivity contribution in [2.24, 2.45) is 5.92 Å². The largest absolute Gasteiger partial charge is 0.507 e. The summed E-state index contributed by atoms with van der Waals surface area (Å²) in [6, 6.07) is 5.81. The Bertz CT molecular complexity index is 374. The molecule has 1 aromatic rings. The fraction of sp³-hybridized carbons (Fsp3) is 0.571. The minimum Gasteiger partial charge on any atom is -0.507 e. The van der Waals surface area contributed by atoms with Crippen LogP contribution in [0.1, 0.15) is 39.4 Å². The first-order valence-corrected chi connectivity index (χ1v) is 6.08. The van der Waals surface area contributed by atoms with E-state index in [-0.39, 0.29) is 5.75 Å². The predicted octanol–water partition coefficient (Wildman–Crippen LogP) is 2.93. The minimum atomic E-state index is -0.642. The first kappa shape index (κ1) is 13.8. The molecule has 0 fully saturated rings. The molecule has 2 atom stereocenters. The molecule has 0 aliphatic heterocycles. The maximum Gasteiger partial charge on any atom is 0.123 e. The van der Waals surface area contributed by atoms with E-state index in [1.807, 2.05) is 13.1 Å². The molecule has 1 rings (SSSR count). The summed E-state index contributed by atoms with van der Waals surface area (Å²) in [7, 11) is 2.02. The molecule has 17 heavy (non-hydrogen) atoms. The second kappa shape index (κ2) is 5.41. The molecule has 0 aromatic heterocycles. The Morgan fingerprint density at radius 3 is 2.12 bits per heavy atom. The molecule has 3 nitrogen and oxygen atoms in total. The van der Waals surface area contributed by atoms with Gasteiger partial charge in [0.2, 0.25) is 0 Å². The number of aromatic hydroxyl groups is 1. The van der Waals surface area contributed by atoms with Crippen molar-refractivity contribution in [3.8, 4) is 5.75 Å². The van der Waals surface area contributed by atoms with Gasteiger partial charge >= 0.3 is 0 Å². The van der Waals surface area contributed by atoms with E-state index in [1.165, 1.54) is 0 Å². The molecule has 1 aromatic carbocycles. The smallest absolute Gasteiger partial charge is 0.123 e. The molecule has 0 bridgehead atoms. The zero-order valence-corrected chi connectivity index (χ0v) is 11.3. The molecular weight excluding hydrogens is 214 g/mol. The summed E-state index contributed by atoms with van der Waals surface area (Å²) in [5, 5.41) is 19.3. The van der Waals surface area contributed by atoms with Crippen molar-refractivity contribution >= 4 is 5.69 Å². The lowest BCUT2D eigenvalue weighted by molar-refractivity contribution is 0.195. The zero-order chi connectivity index (χ0) is 13.2. The molecule has 0 aliphatic carbocycles. The van der Waals surface area contributed by atoms with E-state index in [0.717, 1.165) is 5.69 Å². The number of phenols is 1. The van der Waals surface area contributed by atoms with Gasteiger partial charge in [-0.3, -0.25) is 0 Å². The number of aliphatic hydroxyl groups excluding tert-OH is 1. The maximum absolute atomic E-state index is 9.84. The number of benzene rings is 1. The van der Waals surface area contributed by atoms with E-state index in [0.29, 0.717) is 17.5 Å². The van der Waals surface area contributed by atoms with Crippen molar-refractivity contribution in [1.29, 1.82) is 0 Å². The molecule has 0 amide bonds. The molecule has 0 spiro atoms. The fourth-order valence-corrected chi connectivity index (χ4v) is 1.79. The highest BCUT2D eigenvalue weighted by atomic mass is 16.3. The van der Waals surface area contributed by atoms with Crippen LogP contribution in [0, 0.1) is 5.92 Å². The van der Waals surface area contributed by atoms with Crippen LogP contribution in [0.15, 0.2) is 18.2 Å². The Kier molecular flexibility index (Phi) is 4.40. The highest BCUT2D eigenvalue weighted by Gasteiger charge is 2.15. The number of phenolic OH excluding ortho intramolecular Hbond substituents is 1. The standard InChI is InChI=1S/C14H23NO2/c1-9(2)10(3)15(5)12-6-7-13(11(4)16)14(17)8-12/h6-11,16-17H,1-5H3. The van der Waals surface area contributed by atoms with Crippen LogP contribution in [-0.2, 0) is 0 Å². The van der Waals surface area contributed by atoms with Crippen molar-refractivity contribution < 1.29 is 10.2 Å². The van der Waals surface area contributed by atoms with Crippen LogP contribution in [0.4, 0.5) is 5.69 Å². The topological polar surface area (TPSA) is 43.7 Å². The Hall–Kier alpha value is -1.22. The minimum absolute atomic E-state index is 0.153. The summed E-state index contributed by atoms with van der Waals surface area (Å²) in [6.07, 6.45) is -0.642. The highest BCUT2D eigenvalue weighted by molar-refractivity contribution is 5.54. The summed E-state index contributed by atoms with van der Waals surface area (Å²) in [5.74, 6) is 0.693. The van der Waals surface area contributed by atoms with Crippen LogP contribution in [0.2, 0.25) is 0 Å². The Morgan fingerprint density at radius 2 is 1.71 bits per heavy atom. The molecular formula is C14H23NO2. The van der Waals surface area contributed by atoms with Crippen LogP contribution in [0.25, 0.3) is 0 Å². The number of anilines is 1. The maximum atomic E-state index is 9.84. The first-order valence-electron chi connectivity index (χ1n) is 6.08. The van der Waals surface area contributed by atoms with Gasteiger partial charge in [-0.1, -0.05) is 19.9 Å².